The van der Waals surface area contributed by atoms with Crippen LogP contribution < -0.4 is 0 Å². The molecular formula is C4H8N2O2. The SMILES string of the molecule is CN1CN=C(CO)O1. The van der Waals surface area contributed by atoms with E-state index in [0.717, 1.165) is 0 Å². The van der Waals surface area contributed by atoms with Crippen molar-refractivity contribution in [3.05, 3.63) is 0 Å². The topological polar surface area (TPSA) is 45.1 Å². The molecule has 1 aliphatic rings. The second-order valence-electron chi connectivity index (χ2n) is 1.57. The van der Waals surface area contributed by atoms with Crippen LogP contribution in [-0.4, -0.2) is 36.4 Å². The summed E-state index contributed by atoms with van der Waals surface area (Å²) < 4.78 is 0. The van der Waals surface area contributed by atoms with Crippen LogP contribution >= 0.6 is 0 Å². The Bertz CT molecular complexity index is 113. The van der Waals surface area contributed by atoms with Gasteiger partial charge in [-0.25, -0.2) is 4.99 Å². The quantitative estimate of drug-likeness (QED) is 0.488. The van der Waals surface area contributed by atoms with Gasteiger partial charge in [-0.3, -0.25) is 0 Å². The third-order valence-electron chi connectivity index (χ3n) is 0.843. The fraction of sp³-hybridized carbons (Fsp3) is 0.750. The van der Waals surface area contributed by atoms with Gasteiger partial charge in [-0.05, 0) is 0 Å². The van der Waals surface area contributed by atoms with Crippen molar-refractivity contribution in [2.75, 3.05) is 20.3 Å². The van der Waals surface area contributed by atoms with Gasteiger partial charge in [0.2, 0.25) is 5.90 Å². The Morgan fingerprint density at radius 2 is 2.75 bits per heavy atom. The smallest absolute Gasteiger partial charge is 0.236 e. The van der Waals surface area contributed by atoms with Crippen molar-refractivity contribution in [2.45, 2.75) is 0 Å². The number of aliphatic hydroxyl groups excluding tert-OH is 1. The highest BCUT2D eigenvalue weighted by Gasteiger charge is 2.10. The van der Waals surface area contributed by atoms with Gasteiger partial charge in [-0.15, -0.1) is 5.06 Å². The molecule has 0 unspecified atom stereocenters. The molecule has 1 aliphatic heterocycles. The van der Waals surface area contributed by atoms with Gasteiger partial charge in [0.05, 0.1) is 0 Å². The number of hydrogen-bond acceptors (Lipinski definition) is 4. The fourth-order valence-corrected chi connectivity index (χ4v) is 0.495. The summed E-state index contributed by atoms with van der Waals surface area (Å²) in [5.41, 5.74) is 0. The zero-order valence-electron chi connectivity index (χ0n) is 4.66. The predicted molar refractivity (Wildman–Crippen MR) is 28.2 cm³/mol. The molecule has 0 radical (unpaired) electrons. The van der Waals surface area contributed by atoms with E-state index in [2.05, 4.69) is 4.99 Å². The van der Waals surface area contributed by atoms with Crippen molar-refractivity contribution < 1.29 is 9.94 Å². The van der Waals surface area contributed by atoms with E-state index in [4.69, 9.17) is 9.94 Å². The molecular weight excluding hydrogens is 108 g/mol. The summed E-state index contributed by atoms with van der Waals surface area (Å²) in [6.07, 6.45) is 0. The van der Waals surface area contributed by atoms with E-state index in [0.29, 0.717) is 12.6 Å². The highest BCUT2D eigenvalue weighted by molar-refractivity contribution is 5.77. The van der Waals surface area contributed by atoms with Crippen molar-refractivity contribution in [2.24, 2.45) is 4.99 Å². The van der Waals surface area contributed by atoms with E-state index in [1.807, 2.05) is 0 Å². The first-order valence-corrected chi connectivity index (χ1v) is 2.36. The Balaban J connectivity index is 2.37. The molecule has 1 N–H and O–H groups in total. The molecule has 0 saturated carbocycles. The largest absolute Gasteiger partial charge is 0.387 e. The summed E-state index contributed by atoms with van der Waals surface area (Å²) in [5.74, 6) is 0.396. The molecule has 0 aromatic carbocycles. The number of rotatable bonds is 1. The van der Waals surface area contributed by atoms with E-state index < -0.39 is 0 Å². The minimum atomic E-state index is -0.107. The average molecular weight is 116 g/mol. The van der Waals surface area contributed by atoms with Crippen LogP contribution in [-0.2, 0) is 4.84 Å². The molecule has 0 fully saturated rings. The van der Waals surface area contributed by atoms with Gasteiger partial charge in [0.15, 0.2) is 0 Å². The molecule has 0 saturated heterocycles. The Kier molecular flexibility index (Phi) is 1.45. The number of hydroxylamine groups is 2. The lowest BCUT2D eigenvalue weighted by atomic mass is 10.7. The van der Waals surface area contributed by atoms with Crippen LogP contribution in [0, 0.1) is 0 Å². The molecule has 4 nitrogen and oxygen atoms in total. The average Bonchev–Trinajstić information content (AvgIpc) is 2.14. The Morgan fingerprint density at radius 3 is 3.00 bits per heavy atom. The zero-order valence-corrected chi connectivity index (χ0v) is 4.66. The lowest BCUT2D eigenvalue weighted by molar-refractivity contribution is -0.0260. The second kappa shape index (κ2) is 2.11. The lowest BCUT2D eigenvalue weighted by Crippen LogP contribution is -2.15. The minimum absolute atomic E-state index is 0.107. The molecule has 46 valence electrons. The maximum absolute atomic E-state index is 8.40. The van der Waals surface area contributed by atoms with E-state index in [9.17, 15) is 0 Å². The van der Waals surface area contributed by atoms with Gasteiger partial charge in [0, 0.05) is 7.05 Å². The summed E-state index contributed by atoms with van der Waals surface area (Å²) >= 11 is 0. The molecule has 4 heteroatoms. The van der Waals surface area contributed by atoms with E-state index in [-0.39, 0.29) is 6.61 Å². The Hall–Kier alpha value is -0.610. The summed E-state index contributed by atoms with van der Waals surface area (Å²) in [6.45, 7) is 0.417. The first kappa shape index (κ1) is 5.53. The molecule has 0 aliphatic carbocycles. The van der Waals surface area contributed by atoms with Gasteiger partial charge in [0.25, 0.3) is 0 Å². The monoisotopic (exact) mass is 116 g/mol. The van der Waals surface area contributed by atoms with Crippen LogP contribution in [0.25, 0.3) is 0 Å². The highest BCUT2D eigenvalue weighted by atomic mass is 16.7. The maximum atomic E-state index is 8.40. The highest BCUT2D eigenvalue weighted by Crippen LogP contribution is 1.96. The number of aliphatic imine (C=N–C) groups is 1. The number of nitrogens with zero attached hydrogens (tertiary/aromatic N) is 2. The van der Waals surface area contributed by atoms with Gasteiger partial charge in [-0.2, -0.15) is 0 Å². The summed E-state index contributed by atoms with van der Waals surface area (Å²) in [4.78, 5) is 8.65. The third kappa shape index (κ3) is 0.962. The number of hydrogen-bond donors (Lipinski definition) is 1. The fourth-order valence-electron chi connectivity index (χ4n) is 0.495. The van der Waals surface area contributed by atoms with Gasteiger partial charge < -0.3 is 9.94 Å². The molecule has 0 amide bonds. The van der Waals surface area contributed by atoms with Crippen LogP contribution in [0.5, 0.6) is 0 Å². The van der Waals surface area contributed by atoms with Crippen molar-refractivity contribution in [1.82, 2.24) is 5.06 Å². The second-order valence-corrected chi connectivity index (χ2v) is 1.57. The summed E-state index contributed by atoms with van der Waals surface area (Å²) in [6, 6.07) is 0. The summed E-state index contributed by atoms with van der Waals surface area (Å²) in [7, 11) is 1.76. The van der Waals surface area contributed by atoms with Crippen LogP contribution in [0.15, 0.2) is 4.99 Å². The first-order valence-electron chi connectivity index (χ1n) is 2.36. The van der Waals surface area contributed by atoms with Gasteiger partial charge >= 0.3 is 0 Å². The van der Waals surface area contributed by atoms with Crippen LogP contribution in [0.4, 0.5) is 0 Å². The van der Waals surface area contributed by atoms with E-state index in [1.165, 1.54) is 0 Å². The zero-order chi connectivity index (χ0) is 5.98. The van der Waals surface area contributed by atoms with E-state index in [1.54, 1.807) is 12.1 Å². The molecule has 1 rings (SSSR count). The van der Waals surface area contributed by atoms with Gasteiger partial charge in [-0.1, -0.05) is 0 Å². The molecule has 0 atom stereocenters. The van der Waals surface area contributed by atoms with Crippen molar-refractivity contribution >= 4 is 5.90 Å². The van der Waals surface area contributed by atoms with Crippen molar-refractivity contribution in [3.8, 4) is 0 Å². The van der Waals surface area contributed by atoms with Crippen molar-refractivity contribution in [1.29, 1.82) is 0 Å². The Morgan fingerprint density at radius 1 is 2.00 bits per heavy atom. The van der Waals surface area contributed by atoms with Crippen LogP contribution in [0.1, 0.15) is 0 Å². The molecule has 1 heterocycles. The first-order chi connectivity index (χ1) is 3.83. The molecule has 0 bridgehead atoms. The third-order valence-corrected chi connectivity index (χ3v) is 0.843. The predicted octanol–water partition coefficient (Wildman–Crippen LogP) is -0.788. The molecule has 8 heavy (non-hydrogen) atoms. The van der Waals surface area contributed by atoms with Gasteiger partial charge in [0.1, 0.15) is 13.3 Å². The molecule has 0 spiro atoms. The summed E-state index contributed by atoms with van der Waals surface area (Å²) in [5, 5.41) is 9.95. The Labute approximate surface area is 47.3 Å². The maximum Gasteiger partial charge on any atom is 0.236 e. The van der Waals surface area contributed by atoms with Crippen LogP contribution in [0.3, 0.4) is 0 Å². The standard InChI is InChI=1S/C4H8N2O2/c1-6-3-5-4(2-7)8-6/h7H,2-3H2,1H3. The molecule has 0 aromatic heterocycles. The normalized spacial score (nSPS) is 20.5. The van der Waals surface area contributed by atoms with Crippen LogP contribution in [0.2, 0.25) is 0 Å². The molecule has 0 aromatic rings. The lowest BCUT2D eigenvalue weighted by Gasteiger charge is -2.04. The van der Waals surface area contributed by atoms with Crippen molar-refractivity contribution in [3.63, 3.8) is 0 Å². The minimum Gasteiger partial charge on any atom is -0.387 e. The van der Waals surface area contributed by atoms with E-state index >= 15 is 0 Å². The number of aliphatic hydroxyl groups is 1.